The van der Waals surface area contributed by atoms with Gasteiger partial charge in [-0.1, -0.05) is 24.6 Å². The number of likely N-dealkylation sites (N-methyl/N-ethyl adjacent to an activating group) is 1. The second-order valence-corrected chi connectivity index (χ2v) is 9.61. The first-order valence-electron chi connectivity index (χ1n) is 11.7. The maximum Gasteiger partial charge on any atom is 0.266 e. The van der Waals surface area contributed by atoms with E-state index >= 15 is 0 Å². The first kappa shape index (κ1) is 24.6. The van der Waals surface area contributed by atoms with E-state index < -0.39 is 0 Å². The van der Waals surface area contributed by atoms with Gasteiger partial charge >= 0.3 is 0 Å². The van der Waals surface area contributed by atoms with E-state index in [-0.39, 0.29) is 12.0 Å². The number of amides is 1. The second-order valence-electron chi connectivity index (χ2n) is 8.20. The number of halogens is 1. The standard InChI is InChI=1S/C26H30ClN3O3S/c1-4-18(3)33-23-11-6-19(16-22(23)27)17-24-25(31)30(5-2)26(34-24)28-20-7-9-21(10-8-20)29-12-14-32-15-13-29/h6-11,16-18H,4-5,12-15H2,1-3H3/b24-17+,28-26?/t18-/m1/s1. The zero-order valence-electron chi connectivity index (χ0n) is 19.8. The van der Waals surface area contributed by atoms with Crippen LogP contribution in [0.15, 0.2) is 52.4 Å². The summed E-state index contributed by atoms with van der Waals surface area (Å²) in [6.45, 7) is 9.88. The summed E-state index contributed by atoms with van der Waals surface area (Å²) in [5.74, 6) is 0.605. The van der Waals surface area contributed by atoms with E-state index in [0.717, 1.165) is 49.7 Å². The molecule has 0 bridgehead atoms. The maximum atomic E-state index is 13.0. The average Bonchev–Trinajstić information content (AvgIpc) is 3.15. The normalized spacial score (nSPS) is 19.8. The summed E-state index contributed by atoms with van der Waals surface area (Å²) in [4.78, 5) is 22.4. The molecule has 2 aromatic rings. The van der Waals surface area contributed by atoms with Gasteiger partial charge in [0.05, 0.1) is 34.9 Å². The van der Waals surface area contributed by atoms with Crippen LogP contribution in [0, 0.1) is 0 Å². The molecule has 0 aliphatic carbocycles. The summed E-state index contributed by atoms with van der Waals surface area (Å²) in [5.41, 5.74) is 2.83. The predicted octanol–water partition coefficient (Wildman–Crippen LogP) is 5.98. The fourth-order valence-electron chi connectivity index (χ4n) is 3.69. The Bertz CT molecular complexity index is 1080. The molecule has 8 heteroatoms. The van der Waals surface area contributed by atoms with Crippen molar-refractivity contribution in [2.75, 3.05) is 37.7 Å². The summed E-state index contributed by atoms with van der Waals surface area (Å²) in [5, 5.41) is 1.22. The average molecular weight is 500 g/mol. The number of hydrogen-bond acceptors (Lipinski definition) is 6. The Morgan fingerprint density at radius 3 is 2.56 bits per heavy atom. The predicted molar refractivity (Wildman–Crippen MR) is 141 cm³/mol. The summed E-state index contributed by atoms with van der Waals surface area (Å²) in [6.07, 6.45) is 2.85. The number of anilines is 1. The highest BCUT2D eigenvalue weighted by atomic mass is 35.5. The van der Waals surface area contributed by atoms with Gasteiger partial charge in [0.25, 0.3) is 5.91 Å². The third-order valence-electron chi connectivity index (χ3n) is 5.81. The van der Waals surface area contributed by atoms with Gasteiger partial charge in [-0.2, -0.15) is 0 Å². The molecule has 2 aliphatic heterocycles. The Morgan fingerprint density at radius 2 is 1.91 bits per heavy atom. The number of carbonyl (C=O) groups excluding carboxylic acids is 1. The molecule has 0 N–H and O–H groups in total. The molecule has 2 aliphatic rings. The van der Waals surface area contributed by atoms with Crippen LogP contribution in [0.5, 0.6) is 5.75 Å². The van der Waals surface area contributed by atoms with Crippen LogP contribution in [-0.4, -0.2) is 54.9 Å². The molecule has 4 rings (SSSR count). The van der Waals surface area contributed by atoms with Crippen molar-refractivity contribution in [1.29, 1.82) is 0 Å². The van der Waals surface area contributed by atoms with Crippen LogP contribution >= 0.6 is 23.4 Å². The molecule has 1 amide bonds. The number of amidine groups is 1. The highest BCUT2D eigenvalue weighted by Gasteiger charge is 2.32. The van der Waals surface area contributed by atoms with Crippen molar-refractivity contribution in [1.82, 2.24) is 4.90 Å². The van der Waals surface area contributed by atoms with Gasteiger partial charge in [0.2, 0.25) is 0 Å². The van der Waals surface area contributed by atoms with Crippen LogP contribution in [0.3, 0.4) is 0 Å². The van der Waals surface area contributed by atoms with Gasteiger partial charge in [-0.05, 0) is 80.1 Å². The van der Waals surface area contributed by atoms with Crippen molar-refractivity contribution in [3.8, 4) is 5.75 Å². The number of carbonyl (C=O) groups is 1. The van der Waals surface area contributed by atoms with Crippen molar-refractivity contribution in [2.24, 2.45) is 4.99 Å². The Labute approximate surface area is 210 Å². The minimum atomic E-state index is -0.0489. The molecule has 2 fully saturated rings. The third kappa shape index (κ3) is 5.77. The molecule has 0 spiro atoms. The number of thioether (sulfide) groups is 1. The molecule has 34 heavy (non-hydrogen) atoms. The largest absolute Gasteiger partial charge is 0.489 e. The van der Waals surface area contributed by atoms with E-state index in [4.69, 9.17) is 26.1 Å². The number of benzene rings is 2. The van der Waals surface area contributed by atoms with Crippen LogP contribution in [-0.2, 0) is 9.53 Å². The van der Waals surface area contributed by atoms with Crippen LogP contribution in [0.25, 0.3) is 6.08 Å². The SMILES string of the molecule is CC[C@@H](C)Oc1ccc(/C=C2/SC(=Nc3ccc(N4CCOCC4)cc3)N(CC)C2=O)cc1Cl. The van der Waals surface area contributed by atoms with Crippen LogP contribution in [0.1, 0.15) is 32.8 Å². The Hall–Kier alpha value is -2.48. The van der Waals surface area contributed by atoms with Crippen molar-refractivity contribution in [2.45, 2.75) is 33.3 Å². The zero-order valence-corrected chi connectivity index (χ0v) is 21.4. The smallest absolute Gasteiger partial charge is 0.266 e. The number of hydrogen-bond donors (Lipinski definition) is 0. The van der Waals surface area contributed by atoms with Gasteiger partial charge in [0.1, 0.15) is 5.75 Å². The van der Waals surface area contributed by atoms with Gasteiger partial charge in [0.15, 0.2) is 5.17 Å². The molecule has 0 aromatic heterocycles. The van der Waals surface area contributed by atoms with Gasteiger partial charge < -0.3 is 14.4 Å². The molecular formula is C26H30ClN3O3S. The van der Waals surface area contributed by atoms with Gasteiger partial charge in [-0.25, -0.2) is 4.99 Å². The lowest BCUT2D eigenvalue weighted by Crippen LogP contribution is -2.36. The van der Waals surface area contributed by atoms with Crippen molar-refractivity contribution in [3.63, 3.8) is 0 Å². The highest BCUT2D eigenvalue weighted by molar-refractivity contribution is 8.18. The quantitative estimate of drug-likeness (QED) is 0.439. The second kappa shape index (κ2) is 11.3. The topological polar surface area (TPSA) is 54.4 Å². The molecule has 2 saturated heterocycles. The van der Waals surface area contributed by atoms with Crippen LogP contribution < -0.4 is 9.64 Å². The van der Waals surface area contributed by atoms with E-state index in [2.05, 4.69) is 24.0 Å². The molecule has 0 unspecified atom stereocenters. The molecule has 2 heterocycles. The minimum absolute atomic E-state index is 0.0489. The lowest BCUT2D eigenvalue weighted by molar-refractivity contribution is -0.122. The lowest BCUT2D eigenvalue weighted by Gasteiger charge is -2.28. The third-order valence-corrected chi connectivity index (χ3v) is 7.11. The summed E-state index contributed by atoms with van der Waals surface area (Å²) in [6, 6.07) is 13.7. The Balaban J connectivity index is 1.51. The lowest BCUT2D eigenvalue weighted by atomic mass is 10.2. The maximum absolute atomic E-state index is 13.0. The Kier molecular flexibility index (Phi) is 8.19. The fourth-order valence-corrected chi connectivity index (χ4v) is 4.99. The van der Waals surface area contributed by atoms with Crippen LogP contribution in [0.2, 0.25) is 5.02 Å². The first-order valence-corrected chi connectivity index (χ1v) is 12.9. The van der Waals surface area contributed by atoms with E-state index in [1.54, 1.807) is 4.90 Å². The molecule has 1 atom stereocenters. The molecule has 180 valence electrons. The first-order chi connectivity index (χ1) is 16.5. The zero-order chi connectivity index (χ0) is 24.1. The van der Waals surface area contributed by atoms with E-state index in [1.165, 1.54) is 11.8 Å². The van der Waals surface area contributed by atoms with Crippen LogP contribution in [0.4, 0.5) is 11.4 Å². The van der Waals surface area contributed by atoms with E-state index in [9.17, 15) is 4.79 Å². The van der Waals surface area contributed by atoms with Gasteiger partial charge in [-0.15, -0.1) is 0 Å². The van der Waals surface area contributed by atoms with Crippen molar-refractivity contribution in [3.05, 3.63) is 58.0 Å². The number of aliphatic imine (C=N–C) groups is 1. The molecule has 0 saturated carbocycles. The Morgan fingerprint density at radius 1 is 1.18 bits per heavy atom. The van der Waals surface area contributed by atoms with Crippen molar-refractivity contribution < 1.29 is 14.3 Å². The summed E-state index contributed by atoms with van der Waals surface area (Å²) < 4.78 is 11.3. The monoisotopic (exact) mass is 499 g/mol. The molecule has 6 nitrogen and oxygen atoms in total. The summed E-state index contributed by atoms with van der Waals surface area (Å²) in [7, 11) is 0. The van der Waals surface area contributed by atoms with Crippen molar-refractivity contribution >= 4 is 51.9 Å². The highest BCUT2D eigenvalue weighted by Crippen LogP contribution is 2.35. The number of nitrogens with zero attached hydrogens (tertiary/aromatic N) is 3. The molecular weight excluding hydrogens is 470 g/mol. The minimum Gasteiger partial charge on any atom is -0.489 e. The van der Waals surface area contributed by atoms with E-state index in [1.807, 2.05) is 50.3 Å². The van der Waals surface area contributed by atoms with Gasteiger partial charge in [0, 0.05) is 25.3 Å². The molecule has 2 aromatic carbocycles. The number of rotatable bonds is 7. The van der Waals surface area contributed by atoms with E-state index in [0.29, 0.717) is 27.4 Å². The number of ether oxygens (including phenoxy) is 2. The molecule has 0 radical (unpaired) electrons. The van der Waals surface area contributed by atoms with Gasteiger partial charge in [-0.3, -0.25) is 9.69 Å². The summed E-state index contributed by atoms with van der Waals surface area (Å²) >= 11 is 7.81. The number of morpholine rings is 1. The fraction of sp³-hybridized carbons (Fsp3) is 0.385.